The second kappa shape index (κ2) is 6.77. The summed E-state index contributed by atoms with van der Waals surface area (Å²) in [6, 6.07) is 3.15. The van der Waals surface area contributed by atoms with Crippen molar-refractivity contribution in [3.05, 3.63) is 33.9 Å². The van der Waals surface area contributed by atoms with Gasteiger partial charge in [-0.15, -0.1) is 12.4 Å². The van der Waals surface area contributed by atoms with E-state index in [1.54, 1.807) is 6.07 Å². The summed E-state index contributed by atoms with van der Waals surface area (Å²) in [7, 11) is 1.32. The molecule has 7 nitrogen and oxygen atoms in total. The number of aliphatic carboxylic acids is 1. The highest BCUT2D eigenvalue weighted by Gasteiger charge is 2.18. The molecule has 1 aromatic rings. The summed E-state index contributed by atoms with van der Waals surface area (Å²) in [6.07, 6.45) is 0.0279. The fourth-order valence-corrected chi connectivity index (χ4v) is 1.35. The zero-order valence-electron chi connectivity index (χ0n) is 9.53. The molecular weight excluding hydrogens is 264 g/mol. The molecule has 0 heterocycles. The Kier molecular flexibility index (Phi) is 6.07. The summed E-state index contributed by atoms with van der Waals surface area (Å²) in [5, 5.41) is 19.4. The minimum atomic E-state index is -1.15. The largest absolute Gasteiger partial charge is 0.490 e. The van der Waals surface area contributed by atoms with Gasteiger partial charge in [0.15, 0.2) is 5.75 Å². The molecule has 1 atom stereocenters. The Morgan fingerprint density at radius 2 is 2.22 bits per heavy atom. The van der Waals surface area contributed by atoms with E-state index >= 15 is 0 Å². The quantitative estimate of drug-likeness (QED) is 0.612. The van der Waals surface area contributed by atoms with E-state index in [-0.39, 0.29) is 30.3 Å². The molecule has 0 radical (unpaired) electrons. The van der Waals surface area contributed by atoms with Crippen LogP contribution in [-0.2, 0) is 11.2 Å². The van der Waals surface area contributed by atoms with Crippen molar-refractivity contribution in [3.63, 3.8) is 0 Å². The molecule has 1 aromatic carbocycles. The predicted octanol–water partition coefficient (Wildman–Crippen LogP) is 0.980. The average molecular weight is 277 g/mol. The number of ether oxygens (including phenoxy) is 1. The smallest absolute Gasteiger partial charge is 0.320 e. The Bertz CT molecular complexity index is 452. The highest BCUT2D eigenvalue weighted by Crippen LogP contribution is 2.27. The van der Waals surface area contributed by atoms with Crippen LogP contribution in [0, 0.1) is 10.1 Å². The normalized spacial score (nSPS) is 11.2. The zero-order chi connectivity index (χ0) is 13.0. The van der Waals surface area contributed by atoms with Crippen LogP contribution in [0.15, 0.2) is 18.2 Å². The Hall–Kier alpha value is -1.86. The number of nitrogens with two attached hydrogens (primary N) is 1. The molecule has 0 aliphatic carbocycles. The van der Waals surface area contributed by atoms with Crippen molar-refractivity contribution in [1.82, 2.24) is 0 Å². The Morgan fingerprint density at radius 3 is 2.67 bits per heavy atom. The summed E-state index contributed by atoms with van der Waals surface area (Å²) >= 11 is 0. The highest BCUT2D eigenvalue weighted by atomic mass is 35.5. The number of nitro benzene ring substituents is 1. The molecule has 0 bridgehead atoms. The Labute approximate surface area is 109 Å². The summed E-state index contributed by atoms with van der Waals surface area (Å²) in [4.78, 5) is 20.7. The van der Waals surface area contributed by atoms with Crippen LogP contribution in [0.25, 0.3) is 0 Å². The molecule has 1 unspecified atom stereocenters. The van der Waals surface area contributed by atoms with E-state index in [1.165, 1.54) is 19.2 Å². The Morgan fingerprint density at radius 1 is 1.61 bits per heavy atom. The first kappa shape index (κ1) is 16.1. The van der Waals surface area contributed by atoms with Gasteiger partial charge in [0.2, 0.25) is 0 Å². The number of nitro groups is 1. The number of carbonyl (C=O) groups is 1. The lowest BCUT2D eigenvalue weighted by Gasteiger charge is -2.07. The predicted molar refractivity (Wildman–Crippen MR) is 66.2 cm³/mol. The molecule has 100 valence electrons. The first-order valence-electron chi connectivity index (χ1n) is 4.75. The highest BCUT2D eigenvalue weighted by molar-refractivity contribution is 5.85. The maximum atomic E-state index is 10.7. The van der Waals surface area contributed by atoms with Gasteiger partial charge in [-0.2, -0.15) is 0 Å². The van der Waals surface area contributed by atoms with E-state index in [0.29, 0.717) is 5.56 Å². The van der Waals surface area contributed by atoms with Crippen molar-refractivity contribution in [2.75, 3.05) is 7.11 Å². The fourth-order valence-electron chi connectivity index (χ4n) is 1.35. The maximum Gasteiger partial charge on any atom is 0.320 e. The van der Waals surface area contributed by atoms with Gasteiger partial charge in [0.1, 0.15) is 6.04 Å². The number of methoxy groups -OCH3 is 1. The molecule has 0 aliphatic heterocycles. The van der Waals surface area contributed by atoms with E-state index in [4.69, 9.17) is 15.6 Å². The number of carboxylic acid groups (broad SMARTS) is 1. The number of nitrogens with zero attached hydrogens (tertiary/aromatic N) is 1. The van der Waals surface area contributed by atoms with E-state index < -0.39 is 16.9 Å². The van der Waals surface area contributed by atoms with E-state index in [9.17, 15) is 14.9 Å². The number of hydrogen-bond donors (Lipinski definition) is 2. The Balaban J connectivity index is 0.00000289. The molecule has 0 spiro atoms. The van der Waals surface area contributed by atoms with Crippen LogP contribution in [0.3, 0.4) is 0 Å². The standard InChI is InChI=1S/C10H12N2O5.ClH/c1-17-9-3-2-6(4-7(11)10(13)14)5-8(9)12(15)16;/h2-3,5,7H,4,11H2,1H3,(H,13,14);1H. The van der Waals surface area contributed by atoms with Crippen molar-refractivity contribution in [1.29, 1.82) is 0 Å². The van der Waals surface area contributed by atoms with Crippen LogP contribution in [0.2, 0.25) is 0 Å². The average Bonchev–Trinajstić information content (AvgIpc) is 2.28. The van der Waals surface area contributed by atoms with Gasteiger partial charge >= 0.3 is 11.7 Å². The van der Waals surface area contributed by atoms with E-state index in [1.807, 2.05) is 0 Å². The molecule has 0 amide bonds. The molecular formula is C10H13ClN2O5. The number of benzene rings is 1. The van der Waals surface area contributed by atoms with Crippen molar-refractivity contribution >= 4 is 24.1 Å². The van der Waals surface area contributed by atoms with Gasteiger partial charge in [-0.25, -0.2) is 0 Å². The third-order valence-electron chi connectivity index (χ3n) is 2.21. The summed E-state index contributed by atoms with van der Waals surface area (Å²) in [6.45, 7) is 0. The minimum Gasteiger partial charge on any atom is -0.490 e. The van der Waals surface area contributed by atoms with Crippen LogP contribution in [0.4, 0.5) is 5.69 Å². The molecule has 3 N–H and O–H groups in total. The van der Waals surface area contributed by atoms with Gasteiger partial charge in [-0.1, -0.05) is 6.07 Å². The summed E-state index contributed by atoms with van der Waals surface area (Å²) < 4.78 is 4.82. The maximum absolute atomic E-state index is 10.7. The molecule has 1 rings (SSSR count). The van der Waals surface area contributed by atoms with Gasteiger partial charge < -0.3 is 15.6 Å². The lowest BCUT2D eigenvalue weighted by atomic mass is 10.1. The summed E-state index contributed by atoms with van der Waals surface area (Å²) in [5.41, 5.74) is 5.62. The van der Waals surface area contributed by atoms with Gasteiger partial charge in [0, 0.05) is 6.07 Å². The van der Waals surface area contributed by atoms with Gasteiger partial charge in [0.05, 0.1) is 12.0 Å². The molecule has 8 heteroatoms. The number of halogens is 1. The van der Waals surface area contributed by atoms with Gasteiger partial charge in [-0.3, -0.25) is 14.9 Å². The third kappa shape index (κ3) is 3.86. The first-order chi connectivity index (χ1) is 7.95. The monoisotopic (exact) mass is 276 g/mol. The zero-order valence-corrected chi connectivity index (χ0v) is 10.3. The summed E-state index contributed by atoms with van der Waals surface area (Å²) in [5.74, 6) is -1.02. The number of carboxylic acids is 1. The van der Waals surface area contributed by atoms with Crippen LogP contribution in [-0.4, -0.2) is 29.2 Å². The fraction of sp³-hybridized carbons (Fsp3) is 0.300. The number of hydrogen-bond acceptors (Lipinski definition) is 5. The second-order valence-electron chi connectivity index (χ2n) is 3.41. The minimum absolute atomic E-state index is 0. The molecule has 0 saturated carbocycles. The van der Waals surface area contributed by atoms with Crippen LogP contribution >= 0.6 is 12.4 Å². The van der Waals surface area contributed by atoms with Gasteiger partial charge in [-0.05, 0) is 18.1 Å². The van der Waals surface area contributed by atoms with E-state index in [2.05, 4.69) is 0 Å². The molecule has 0 fully saturated rings. The van der Waals surface area contributed by atoms with Crippen molar-refractivity contribution < 1.29 is 19.6 Å². The first-order valence-corrected chi connectivity index (χ1v) is 4.75. The van der Waals surface area contributed by atoms with Crippen LogP contribution in [0.1, 0.15) is 5.56 Å². The van der Waals surface area contributed by atoms with E-state index in [0.717, 1.165) is 0 Å². The van der Waals surface area contributed by atoms with Crippen molar-refractivity contribution in [3.8, 4) is 5.75 Å². The SMILES string of the molecule is COc1ccc(CC(N)C(=O)O)cc1[N+](=O)[O-].Cl. The molecule has 0 saturated heterocycles. The number of rotatable bonds is 5. The van der Waals surface area contributed by atoms with Crippen LogP contribution < -0.4 is 10.5 Å². The molecule has 18 heavy (non-hydrogen) atoms. The topological polar surface area (TPSA) is 116 Å². The molecule has 0 aromatic heterocycles. The third-order valence-corrected chi connectivity index (χ3v) is 2.21. The van der Waals surface area contributed by atoms with Gasteiger partial charge in [0.25, 0.3) is 0 Å². The second-order valence-corrected chi connectivity index (χ2v) is 3.41. The molecule has 0 aliphatic rings. The van der Waals surface area contributed by atoms with Crippen molar-refractivity contribution in [2.45, 2.75) is 12.5 Å². The lowest BCUT2D eigenvalue weighted by Crippen LogP contribution is -2.32. The van der Waals surface area contributed by atoms with Crippen LogP contribution in [0.5, 0.6) is 5.75 Å². The lowest BCUT2D eigenvalue weighted by molar-refractivity contribution is -0.385. The van der Waals surface area contributed by atoms with Crippen molar-refractivity contribution in [2.24, 2.45) is 5.73 Å².